The van der Waals surface area contributed by atoms with E-state index in [2.05, 4.69) is 15.3 Å². The predicted octanol–water partition coefficient (Wildman–Crippen LogP) is 2.08. The summed E-state index contributed by atoms with van der Waals surface area (Å²) in [7, 11) is 0. The molecule has 2 unspecified atom stereocenters. The molecular formula is C25H28N4O4S. The smallest absolute Gasteiger partial charge is 0.252 e. The standard InChI is InChI=1S/C25H28N4O4S/c30-15-20(23(31)25(33)29-11-5-9-21(29)18-7-2-1-3-8-18)24(32)27-14-22-28-19(16-34-22)12-17-6-4-10-26-13-17/h1-4,6-8,10,13,16,20-21,23,30-31H,5,9,11-12,14-15H2,(H,27,32)/t20?,21?,23-/m1/s1. The number of thiazole rings is 1. The molecule has 4 rings (SSSR count). The molecule has 0 spiro atoms. The lowest BCUT2D eigenvalue weighted by Crippen LogP contribution is -2.48. The highest BCUT2D eigenvalue weighted by Crippen LogP contribution is 2.32. The number of aromatic nitrogens is 2. The molecule has 34 heavy (non-hydrogen) atoms. The van der Waals surface area contributed by atoms with E-state index in [1.165, 1.54) is 11.3 Å². The van der Waals surface area contributed by atoms with Crippen molar-refractivity contribution < 1.29 is 19.8 Å². The van der Waals surface area contributed by atoms with Gasteiger partial charge in [-0.05, 0) is 30.0 Å². The van der Waals surface area contributed by atoms with E-state index in [4.69, 9.17) is 0 Å². The molecule has 0 radical (unpaired) electrons. The van der Waals surface area contributed by atoms with Crippen molar-refractivity contribution in [3.05, 3.63) is 82.1 Å². The van der Waals surface area contributed by atoms with Gasteiger partial charge in [-0.1, -0.05) is 36.4 Å². The van der Waals surface area contributed by atoms with Crippen molar-refractivity contribution in [2.75, 3.05) is 13.2 Å². The summed E-state index contributed by atoms with van der Waals surface area (Å²) in [6.45, 7) is 0.0328. The third kappa shape index (κ3) is 5.67. The number of pyridine rings is 1. The van der Waals surface area contributed by atoms with Crippen molar-refractivity contribution in [2.24, 2.45) is 5.92 Å². The maximum Gasteiger partial charge on any atom is 0.252 e. The van der Waals surface area contributed by atoms with Crippen LogP contribution in [0.15, 0.2) is 60.2 Å². The first-order valence-corrected chi connectivity index (χ1v) is 12.2. The van der Waals surface area contributed by atoms with Gasteiger partial charge < -0.3 is 20.4 Å². The van der Waals surface area contributed by atoms with E-state index in [1.807, 2.05) is 47.8 Å². The molecule has 1 fully saturated rings. The molecule has 1 aliphatic heterocycles. The minimum atomic E-state index is -1.62. The summed E-state index contributed by atoms with van der Waals surface area (Å²) in [6.07, 6.45) is 4.14. The van der Waals surface area contributed by atoms with Crippen LogP contribution in [0.4, 0.5) is 0 Å². The van der Waals surface area contributed by atoms with E-state index < -0.39 is 30.4 Å². The fourth-order valence-corrected chi connectivity index (χ4v) is 4.97. The Kier molecular flexibility index (Phi) is 7.99. The van der Waals surface area contributed by atoms with Gasteiger partial charge >= 0.3 is 0 Å². The molecule has 8 nitrogen and oxygen atoms in total. The van der Waals surface area contributed by atoms with E-state index >= 15 is 0 Å². The fourth-order valence-electron chi connectivity index (χ4n) is 4.24. The Morgan fingerprint density at radius 3 is 2.76 bits per heavy atom. The average molecular weight is 481 g/mol. The monoisotopic (exact) mass is 480 g/mol. The van der Waals surface area contributed by atoms with Gasteiger partial charge in [0, 0.05) is 30.7 Å². The number of nitrogens with one attached hydrogen (secondary N) is 1. The molecule has 1 saturated heterocycles. The van der Waals surface area contributed by atoms with Gasteiger partial charge in [0.2, 0.25) is 5.91 Å². The maximum atomic E-state index is 13.1. The van der Waals surface area contributed by atoms with E-state index in [0.717, 1.165) is 29.7 Å². The molecular weight excluding hydrogens is 452 g/mol. The molecule has 2 amide bonds. The van der Waals surface area contributed by atoms with Crippen LogP contribution in [-0.4, -0.2) is 56.2 Å². The summed E-state index contributed by atoms with van der Waals surface area (Å²) in [5.74, 6) is -2.37. The molecule has 1 aliphatic rings. The van der Waals surface area contributed by atoms with Crippen LogP contribution in [0, 0.1) is 5.92 Å². The topological polar surface area (TPSA) is 116 Å². The summed E-state index contributed by atoms with van der Waals surface area (Å²) in [5.41, 5.74) is 2.91. The zero-order chi connectivity index (χ0) is 23.9. The van der Waals surface area contributed by atoms with Gasteiger partial charge in [0.05, 0.1) is 30.8 Å². The number of hydrogen-bond acceptors (Lipinski definition) is 7. The largest absolute Gasteiger partial charge is 0.395 e. The second-order valence-corrected chi connectivity index (χ2v) is 9.27. The Morgan fingerprint density at radius 2 is 2.03 bits per heavy atom. The summed E-state index contributed by atoms with van der Waals surface area (Å²) < 4.78 is 0. The predicted molar refractivity (Wildman–Crippen MR) is 128 cm³/mol. The van der Waals surface area contributed by atoms with Crippen molar-refractivity contribution in [1.29, 1.82) is 0 Å². The van der Waals surface area contributed by atoms with Gasteiger partial charge in [0.25, 0.3) is 5.91 Å². The van der Waals surface area contributed by atoms with Crippen molar-refractivity contribution in [3.63, 3.8) is 0 Å². The molecule has 3 heterocycles. The number of likely N-dealkylation sites (tertiary alicyclic amines) is 1. The third-order valence-corrected chi connectivity index (χ3v) is 6.91. The molecule has 2 aromatic heterocycles. The van der Waals surface area contributed by atoms with Crippen LogP contribution < -0.4 is 5.32 Å². The highest BCUT2D eigenvalue weighted by molar-refractivity contribution is 7.09. The van der Waals surface area contributed by atoms with Crippen LogP contribution in [0.1, 0.15) is 40.7 Å². The number of aliphatic hydroxyl groups is 2. The van der Waals surface area contributed by atoms with Crippen LogP contribution in [0.3, 0.4) is 0 Å². The molecule has 3 aromatic rings. The molecule has 1 aromatic carbocycles. The first-order valence-electron chi connectivity index (χ1n) is 11.3. The van der Waals surface area contributed by atoms with E-state index in [9.17, 15) is 19.8 Å². The van der Waals surface area contributed by atoms with Crippen LogP contribution in [-0.2, 0) is 22.6 Å². The maximum absolute atomic E-state index is 13.1. The number of aliphatic hydroxyl groups excluding tert-OH is 2. The van der Waals surface area contributed by atoms with Crippen LogP contribution in [0.25, 0.3) is 0 Å². The first kappa shape index (κ1) is 24.0. The summed E-state index contributed by atoms with van der Waals surface area (Å²) in [5, 5.41) is 25.8. The zero-order valence-electron chi connectivity index (χ0n) is 18.7. The molecule has 0 bridgehead atoms. The lowest BCUT2D eigenvalue weighted by atomic mass is 9.99. The second kappa shape index (κ2) is 11.3. The Labute approximate surface area is 202 Å². The zero-order valence-corrected chi connectivity index (χ0v) is 19.5. The van der Waals surface area contributed by atoms with E-state index in [1.54, 1.807) is 17.3 Å². The summed E-state index contributed by atoms with van der Waals surface area (Å²) in [6, 6.07) is 13.4. The minimum absolute atomic E-state index is 0.140. The van der Waals surface area contributed by atoms with Crippen molar-refractivity contribution in [2.45, 2.75) is 38.0 Å². The molecule has 0 aliphatic carbocycles. The third-order valence-electron chi connectivity index (χ3n) is 6.01. The van der Waals surface area contributed by atoms with Crippen LogP contribution >= 0.6 is 11.3 Å². The molecule has 3 N–H and O–H groups in total. The molecule has 9 heteroatoms. The highest BCUT2D eigenvalue weighted by atomic mass is 32.1. The number of rotatable bonds is 9. The Hall–Kier alpha value is -3.14. The first-order chi connectivity index (χ1) is 16.6. The number of carbonyl (C=O) groups is 2. The number of nitrogens with zero attached hydrogens (tertiary/aromatic N) is 3. The number of carbonyl (C=O) groups excluding carboxylic acids is 2. The van der Waals surface area contributed by atoms with E-state index in [0.29, 0.717) is 18.0 Å². The van der Waals surface area contributed by atoms with Crippen LogP contribution in [0.2, 0.25) is 0 Å². The number of hydrogen-bond donors (Lipinski definition) is 3. The van der Waals surface area contributed by atoms with Gasteiger partial charge in [-0.25, -0.2) is 4.98 Å². The van der Waals surface area contributed by atoms with Crippen molar-refractivity contribution in [3.8, 4) is 0 Å². The average Bonchev–Trinajstić information content (AvgIpc) is 3.53. The van der Waals surface area contributed by atoms with Gasteiger partial charge in [-0.3, -0.25) is 14.6 Å². The minimum Gasteiger partial charge on any atom is -0.395 e. The van der Waals surface area contributed by atoms with Gasteiger partial charge in [-0.2, -0.15) is 0 Å². The van der Waals surface area contributed by atoms with Gasteiger partial charge in [-0.15, -0.1) is 11.3 Å². The molecule has 0 saturated carbocycles. The fraction of sp³-hybridized carbons (Fsp3) is 0.360. The van der Waals surface area contributed by atoms with Crippen molar-refractivity contribution >= 4 is 23.2 Å². The Morgan fingerprint density at radius 1 is 1.21 bits per heavy atom. The van der Waals surface area contributed by atoms with E-state index in [-0.39, 0.29) is 12.6 Å². The highest BCUT2D eigenvalue weighted by Gasteiger charge is 2.38. The van der Waals surface area contributed by atoms with Crippen LogP contribution in [0.5, 0.6) is 0 Å². The Balaban J connectivity index is 1.34. The molecule has 178 valence electrons. The summed E-state index contributed by atoms with van der Waals surface area (Å²) >= 11 is 1.42. The lowest BCUT2D eigenvalue weighted by Gasteiger charge is -2.29. The number of benzene rings is 1. The molecule has 3 atom stereocenters. The van der Waals surface area contributed by atoms with Gasteiger partial charge in [0.15, 0.2) is 0 Å². The van der Waals surface area contributed by atoms with Gasteiger partial charge in [0.1, 0.15) is 11.1 Å². The second-order valence-electron chi connectivity index (χ2n) is 8.32. The Bertz CT molecular complexity index is 1090. The quantitative estimate of drug-likeness (QED) is 0.432. The lowest BCUT2D eigenvalue weighted by molar-refractivity contribution is -0.150. The number of amides is 2. The normalized spacial score (nSPS) is 17.4. The SMILES string of the molecule is O=C(NCc1nc(Cc2cccnc2)cs1)C(CO)[C@@H](O)C(=O)N1CCCC1c1ccccc1. The van der Waals surface area contributed by atoms with Crippen molar-refractivity contribution in [1.82, 2.24) is 20.2 Å². The summed E-state index contributed by atoms with van der Waals surface area (Å²) in [4.78, 5) is 36.0.